The molecule has 98 valence electrons. The molecule has 3 nitrogen and oxygen atoms in total. The molecule has 0 saturated carbocycles. The quantitative estimate of drug-likeness (QED) is 0.567. The van der Waals surface area contributed by atoms with Gasteiger partial charge in [-0.25, -0.2) is 4.79 Å². The fourth-order valence-corrected chi connectivity index (χ4v) is 0.388. The second-order valence-corrected chi connectivity index (χ2v) is 9.00. The Hall–Kier alpha value is -0.353. The zero-order valence-corrected chi connectivity index (χ0v) is 13.1. The van der Waals surface area contributed by atoms with Gasteiger partial charge < -0.3 is 9.47 Å². The molecule has 0 bridgehead atoms. The summed E-state index contributed by atoms with van der Waals surface area (Å²) in [6, 6.07) is 0. The van der Waals surface area contributed by atoms with Crippen LogP contribution in [0, 0.1) is 0 Å². The number of carbonyl (C=O) groups is 1. The van der Waals surface area contributed by atoms with Crippen LogP contribution < -0.4 is 0 Å². The molecule has 0 rings (SSSR count). The summed E-state index contributed by atoms with van der Waals surface area (Å²) in [7, 11) is -0.359. The number of esters is 1. The molecule has 0 aromatic rings. The third kappa shape index (κ3) is 13.6. The van der Waals surface area contributed by atoms with Gasteiger partial charge >= 0.3 is 5.97 Å². The van der Waals surface area contributed by atoms with Crippen LogP contribution in [0.4, 0.5) is 0 Å². The van der Waals surface area contributed by atoms with Gasteiger partial charge in [-0.1, -0.05) is 33.9 Å². The maximum atomic E-state index is 10.5. The SMILES string of the molecule is CCOCC(=O)OCC.C[SiH](C)C(C)(C)C. The molecule has 0 saturated heterocycles. The maximum Gasteiger partial charge on any atom is 0.332 e. The monoisotopic (exact) mass is 248 g/mol. The van der Waals surface area contributed by atoms with Gasteiger partial charge in [-0.3, -0.25) is 0 Å². The van der Waals surface area contributed by atoms with E-state index in [0.717, 1.165) is 0 Å². The molecule has 0 aliphatic carbocycles. The Morgan fingerprint density at radius 3 is 1.81 bits per heavy atom. The Morgan fingerprint density at radius 2 is 1.56 bits per heavy atom. The Kier molecular flexibility index (Phi) is 11.1. The minimum atomic E-state index is -0.359. The summed E-state index contributed by atoms with van der Waals surface area (Å²) >= 11 is 0. The zero-order valence-electron chi connectivity index (χ0n) is 11.9. The number of hydrogen-bond acceptors (Lipinski definition) is 3. The smallest absolute Gasteiger partial charge is 0.332 e. The highest BCUT2D eigenvalue weighted by Crippen LogP contribution is 2.25. The average molecular weight is 248 g/mol. The van der Waals surface area contributed by atoms with Crippen molar-refractivity contribution in [3.05, 3.63) is 0 Å². The molecule has 0 unspecified atom stereocenters. The van der Waals surface area contributed by atoms with Crippen LogP contribution in [0.25, 0.3) is 0 Å². The van der Waals surface area contributed by atoms with Crippen molar-refractivity contribution in [2.75, 3.05) is 19.8 Å². The van der Waals surface area contributed by atoms with Gasteiger partial charge in [0.1, 0.15) is 6.61 Å². The second-order valence-electron chi connectivity index (χ2n) is 4.96. The average Bonchev–Trinajstić information content (AvgIpc) is 2.14. The summed E-state index contributed by atoms with van der Waals surface area (Å²) in [5.41, 5.74) is 0. The third-order valence-corrected chi connectivity index (χ3v) is 5.93. The molecule has 0 radical (unpaired) electrons. The van der Waals surface area contributed by atoms with Crippen LogP contribution in [0.15, 0.2) is 0 Å². The second kappa shape index (κ2) is 9.84. The topological polar surface area (TPSA) is 35.5 Å². The molecule has 0 aromatic heterocycles. The van der Waals surface area contributed by atoms with E-state index in [-0.39, 0.29) is 21.4 Å². The van der Waals surface area contributed by atoms with Crippen molar-refractivity contribution >= 4 is 14.8 Å². The molecule has 0 atom stereocenters. The van der Waals surface area contributed by atoms with Crippen LogP contribution in [0.5, 0.6) is 0 Å². The predicted octanol–water partition coefficient (Wildman–Crippen LogP) is 2.86. The van der Waals surface area contributed by atoms with Crippen LogP contribution in [0.2, 0.25) is 18.1 Å². The van der Waals surface area contributed by atoms with E-state index in [1.54, 1.807) is 6.92 Å². The molecule has 0 spiro atoms. The summed E-state index contributed by atoms with van der Waals surface area (Å²) in [5, 5.41) is 0.639. The van der Waals surface area contributed by atoms with Crippen LogP contribution in [-0.4, -0.2) is 34.6 Å². The molecule has 0 aromatic carbocycles. The summed E-state index contributed by atoms with van der Waals surface area (Å²) < 4.78 is 9.35. The number of hydrogen-bond donors (Lipinski definition) is 0. The van der Waals surface area contributed by atoms with Crippen molar-refractivity contribution in [1.29, 1.82) is 0 Å². The molecular formula is C12H28O3Si. The van der Waals surface area contributed by atoms with Gasteiger partial charge in [-0.05, 0) is 18.9 Å². The van der Waals surface area contributed by atoms with Crippen LogP contribution in [0.3, 0.4) is 0 Å². The van der Waals surface area contributed by atoms with Crippen molar-refractivity contribution in [1.82, 2.24) is 0 Å². The van der Waals surface area contributed by atoms with Crippen molar-refractivity contribution < 1.29 is 14.3 Å². The zero-order chi connectivity index (χ0) is 13.2. The molecule has 4 heteroatoms. The lowest BCUT2D eigenvalue weighted by atomic mass is 10.2. The predicted molar refractivity (Wildman–Crippen MR) is 71.7 cm³/mol. The third-order valence-electron chi connectivity index (χ3n) is 2.46. The van der Waals surface area contributed by atoms with E-state index < -0.39 is 0 Å². The van der Waals surface area contributed by atoms with E-state index in [4.69, 9.17) is 4.74 Å². The van der Waals surface area contributed by atoms with Crippen molar-refractivity contribution in [2.45, 2.75) is 52.8 Å². The van der Waals surface area contributed by atoms with Gasteiger partial charge in [0.2, 0.25) is 0 Å². The highest BCUT2D eigenvalue weighted by atomic mass is 28.3. The summed E-state index contributed by atoms with van der Waals surface area (Å²) in [6.07, 6.45) is 0. The van der Waals surface area contributed by atoms with E-state index in [1.165, 1.54) is 0 Å². The van der Waals surface area contributed by atoms with Crippen molar-refractivity contribution in [3.63, 3.8) is 0 Å². The maximum absolute atomic E-state index is 10.5. The first kappa shape index (κ1) is 18.0. The molecular weight excluding hydrogens is 220 g/mol. The standard InChI is InChI=1S/C6H12O3.C6H16Si/c1-3-8-5-6(7)9-4-2;1-6(2,3)7(4)5/h3-5H2,1-2H3;7H,1-5H3. The molecule has 0 fully saturated rings. The fraction of sp³-hybridized carbons (Fsp3) is 0.917. The first-order chi connectivity index (χ1) is 7.25. The first-order valence-corrected chi connectivity index (χ1v) is 8.87. The van der Waals surface area contributed by atoms with Gasteiger partial charge in [0.25, 0.3) is 0 Å². The lowest BCUT2D eigenvalue weighted by Gasteiger charge is -2.21. The Labute approximate surface area is 102 Å². The molecule has 0 N–H and O–H groups in total. The van der Waals surface area contributed by atoms with Gasteiger partial charge in [0.05, 0.1) is 6.61 Å². The first-order valence-electron chi connectivity index (χ1n) is 5.99. The lowest BCUT2D eigenvalue weighted by Crippen LogP contribution is -2.16. The van der Waals surface area contributed by atoms with E-state index in [9.17, 15) is 4.79 Å². The van der Waals surface area contributed by atoms with Crippen LogP contribution in [-0.2, 0) is 14.3 Å². The van der Waals surface area contributed by atoms with Crippen LogP contribution in [0.1, 0.15) is 34.6 Å². The van der Waals surface area contributed by atoms with Crippen molar-refractivity contribution in [3.8, 4) is 0 Å². The molecule has 0 amide bonds. The van der Waals surface area contributed by atoms with E-state index >= 15 is 0 Å². The van der Waals surface area contributed by atoms with E-state index in [1.807, 2.05) is 6.92 Å². The van der Waals surface area contributed by atoms with Gasteiger partial charge in [-0.15, -0.1) is 0 Å². The summed E-state index contributed by atoms with van der Waals surface area (Å²) in [4.78, 5) is 10.5. The lowest BCUT2D eigenvalue weighted by molar-refractivity contribution is -0.148. The van der Waals surface area contributed by atoms with Crippen molar-refractivity contribution in [2.24, 2.45) is 0 Å². The summed E-state index contributed by atoms with van der Waals surface area (Å²) in [5.74, 6) is -0.292. The number of carbonyl (C=O) groups excluding carboxylic acids is 1. The fourth-order valence-electron chi connectivity index (χ4n) is 0.388. The summed E-state index contributed by atoms with van der Waals surface area (Å²) in [6.45, 7) is 16.4. The van der Waals surface area contributed by atoms with Gasteiger partial charge in [-0.2, -0.15) is 0 Å². The molecule has 0 aliphatic rings. The largest absolute Gasteiger partial charge is 0.464 e. The highest BCUT2D eigenvalue weighted by molar-refractivity contribution is 6.59. The Morgan fingerprint density at radius 1 is 1.12 bits per heavy atom. The van der Waals surface area contributed by atoms with Crippen LogP contribution >= 0.6 is 0 Å². The number of rotatable bonds is 4. The Balaban J connectivity index is 0. The van der Waals surface area contributed by atoms with E-state index in [0.29, 0.717) is 18.3 Å². The molecule has 0 heterocycles. The minimum absolute atomic E-state index is 0.0737. The molecule has 16 heavy (non-hydrogen) atoms. The van der Waals surface area contributed by atoms with Gasteiger partial charge in [0, 0.05) is 15.4 Å². The molecule has 0 aliphatic heterocycles. The highest BCUT2D eigenvalue weighted by Gasteiger charge is 2.15. The van der Waals surface area contributed by atoms with E-state index in [2.05, 4.69) is 38.6 Å². The van der Waals surface area contributed by atoms with Gasteiger partial charge in [0.15, 0.2) is 0 Å². The number of ether oxygens (including phenoxy) is 2. The Bertz CT molecular complexity index is 174. The minimum Gasteiger partial charge on any atom is -0.464 e. The normalized spacial score (nSPS) is 10.8.